The van der Waals surface area contributed by atoms with Crippen molar-refractivity contribution in [2.75, 3.05) is 19.0 Å². The summed E-state index contributed by atoms with van der Waals surface area (Å²) >= 11 is 0. The first-order chi connectivity index (χ1) is 7.59. The molecule has 0 spiro atoms. The number of benzene rings is 1. The minimum atomic E-state index is 1.05. The molecule has 0 amide bonds. The minimum Gasteiger partial charge on any atom is -0.376 e. The van der Waals surface area contributed by atoms with Crippen LogP contribution in [0.2, 0.25) is 0 Å². The Hall–Kier alpha value is -1.77. The Bertz CT molecular complexity index is 498. The Kier molecular flexibility index (Phi) is 2.69. The summed E-state index contributed by atoms with van der Waals surface area (Å²) in [5, 5.41) is 4.51. The van der Waals surface area contributed by atoms with E-state index in [1.807, 2.05) is 37.8 Å². The summed E-state index contributed by atoms with van der Waals surface area (Å²) in [7, 11) is 4.09. The Morgan fingerprint density at radius 2 is 1.81 bits per heavy atom. The fourth-order valence-electron chi connectivity index (χ4n) is 1.89. The van der Waals surface area contributed by atoms with Gasteiger partial charge in [0, 0.05) is 19.8 Å². The van der Waals surface area contributed by atoms with Crippen LogP contribution < -0.4 is 4.90 Å². The molecule has 84 valence electrons. The average molecular weight is 215 g/mol. The van der Waals surface area contributed by atoms with Crippen molar-refractivity contribution in [3.63, 3.8) is 0 Å². The zero-order valence-corrected chi connectivity index (χ0v) is 10.2. The van der Waals surface area contributed by atoms with E-state index in [1.54, 1.807) is 0 Å². The van der Waals surface area contributed by atoms with E-state index in [0.29, 0.717) is 0 Å². The van der Waals surface area contributed by atoms with Gasteiger partial charge in [-0.25, -0.2) is 4.68 Å². The molecule has 1 heterocycles. The molecule has 0 radical (unpaired) electrons. The van der Waals surface area contributed by atoms with E-state index < -0.39 is 0 Å². The first kappa shape index (κ1) is 10.7. The van der Waals surface area contributed by atoms with Crippen molar-refractivity contribution in [2.24, 2.45) is 0 Å². The maximum Gasteiger partial charge on any atom is 0.0881 e. The second-order valence-corrected chi connectivity index (χ2v) is 4.22. The standard InChI is InChI=1S/C13H17N3/c1-10-9-11(2)16(14-10)13-8-6-5-7-12(13)15(3)4/h5-9H,1-4H3. The lowest BCUT2D eigenvalue weighted by Gasteiger charge is -2.17. The third kappa shape index (κ3) is 1.81. The van der Waals surface area contributed by atoms with Gasteiger partial charge in [0.25, 0.3) is 0 Å². The van der Waals surface area contributed by atoms with Crippen LogP contribution in [0.4, 0.5) is 5.69 Å². The zero-order valence-electron chi connectivity index (χ0n) is 10.2. The van der Waals surface area contributed by atoms with E-state index in [4.69, 9.17) is 0 Å². The van der Waals surface area contributed by atoms with Crippen LogP contribution in [0.25, 0.3) is 5.69 Å². The monoisotopic (exact) mass is 215 g/mol. The molecule has 3 heteroatoms. The number of nitrogens with zero attached hydrogens (tertiary/aromatic N) is 3. The highest BCUT2D eigenvalue weighted by Crippen LogP contribution is 2.23. The number of anilines is 1. The van der Waals surface area contributed by atoms with E-state index in [0.717, 1.165) is 17.1 Å². The van der Waals surface area contributed by atoms with Crippen molar-refractivity contribution in [1.29, 1.82) is 0 Å². The highest BCUT2D eigenvalue weighted by atomic mass is 15.3. The van der Waals surface area contributed by atoms with Crippen LogP contribution in [-0.4, -0.2) is 23.9 Å². The molecule has 0 aliphatic carbocycles. The van der Waals surface area contributed by atoms with Gasteiger partial charge in [0.1, 0.15) is 0 Å². The molecule has 0 atom stereocenters. The third-order valence-corrected chi connectivity index (χ3v) is 2.60. The summed E-state index contributed by atoms with van der Waals surface area (Å²) in [5.41, 5.74) is 4.50. The van der Waals surface area contributed by atoms with Crippen LogP contribution in [0.15, 0.2) is 30.3 Å². The Labute approximate surface area is 96.3 Å². The molecule has 0 bridgehead atoms. The Morgan fingerprint density at radius 1 is 1.12 bits per heavy atom. The third-order valence-electron chi connectivity index (χ3n) is 2.60. The van der Waals surface area contributed by atoms with Gasteiger partial charge in [0.2, 0.25) is 0 Å². The van der Waals surface area contributed by atoms with Crippen molar-refractivity contribution in [2.45, 2.75) is 13.8 Å². The van der Waals surface area contributed by atoms with Gasteiger partial charge in [-0.05, 0) is 32.0 Å². The highest BCUT2D eigenvalue weighted by Gasteiger charge is 2.09. The van der Waals surface area contributed by atoms with Crippen molar-refractivity contribution in [1.82, 2.24) is 9.78 Å². The van der Waals surface area contributed by atoms with Crippen molar-refractivity contribution in [3.8, 4) is 5.69 Å². The normalized spacial score (nSPS) is 10.5. The molecule has 0 aliphatic rings. The lowest BCUT2D eigenvalue weighted by atomic mass is 10.2. The molecular formula is C13H17N3. The zero-order chi connectivity index (χ0) is 11.7. The van der Waals surface area contributed by atoms with Gasteiger partial charge in [0.15, 0.2) is 0 Å². The van der Waals surface area contributed by atoms with E-state index >= 15 is 0 Å². The van der Waals surface area contributed by atoms with Gasteiger partial charge in [-0.1, -0.05) is 12.1 Å². The number of aryl methyl sites for hydroxylation is 2. The number of rotatable bonds is 2. The molecule has 0 fully saturated rings. The second-order valence-electron chi connectivity index (χ2n) is 4.22. The quantitative estimate of drug-likeness (QED) is 0.767. The molecule has 0 aliphatic heterocycles. The summed E-state index contributed by atoms with van der Waals surface area (Å²) in [6.07, 6.45) is 0. The summed E-state index contributed by atoms with van der Waals surface area (Å²) in [6.45, 7) is 4.09. The van der Waals surface area contributed by atoms with Gasteiger partial charge in [-0.15, -0.1) is 0 Å². The first-order valence-corrected chi connectivity index (χ1v) is 5.39. The highest BCUT2D eigenvalue weighted by molar-refractivity contribution is 5.62. The van der Waals surface area contributed by atoms with Crippen LogP contribution in [0.3, 0.4) is 0 Å². The molecule has 0 saturated heterocycles. The van der Waals surface area contributed by atoms with E-state index in [-0.39, 0.29) is 0 Å². The molecule has 0 saturated carbocycles. The molecule has 2 rings (SSSR count). The van der Waals surface area contributed by atoms with Gasteiger partial charge in [-0.2, -0.15) is 5.10 Å². The summed E-state index contributed by atoms with van der Waals surface area (Å²) in [5.74, 6) is 0. The maximum absolute atomic E-state index is 4.51. The average Bonchev–Trinajstić information content (AvgIpc) is 2.57. The van der Waals surface area contributed by atoms with Crippen LogP contribution in [-0.2, 0) is 0 Å². The summed E-state index contributed by atoms with van der Waals surface area (Å²) in [4.78, 5) is 2.10. The molecule has 1 aromatic carbocycles. The fraction of sp³-hybridized carbons (Fsp3) is 0.308. The fourth-order valence-corrected chi connectivity index (χ4v) is 1.89. The Morgan fingerprint density at radius 3 is 2.38 bits per heavy atom. The molecular weight excluding hydrogens is 198 g/mol. The van der Waals surface area contributed by atoms with E-state index in [1.165, 1.54) is 5.69 Å². The number of para-hydroxylation sites is 2. The maximum atomic E-state index is 4.51. The van der Waals surface area contributed by atoms with Crippen molar-refractivity contribution >= 4 is 5.69 Å². The van der Waals surface area contributed by atoms with Gasteiger partial charge < -0.3 is 4.90 Å². The predicted octanol–water partition coefficient (Wildman–Crippen LogP) is 2.56. The van der Waals surface area contributed by atoms with Crippen LogP contribution in [0.1, 0.15) is 11.4 Å². The van der Waals surface area contributed by atoms with E-state index in [9.17, 15) is 0 Å². The largest absolute Gasteiger partial charge is 0.376 e. The van der Waals surface area contributed by atoms with Crippen molar-refractivity contribution < 1.29 is 0 Å². The SMILES string of the molecule is Cc1cc(C)n(-c2ccccc2N(C)C)n1. The van der Waals surface area contributed by atoms with Gasteiger partial charge >= 0.3 is 0 Å². The van der Waals surface area contributed by atoms with Gasteiger partial charge in [0.05, 0.1) is 17.1 Å². The first-order valence-electron chi connectivity index (χ1n) is 5.39. The Balaban J connectivity index is 2.59. The van der Waals surface area contributed by atoms with Crippen molar-refractivity contribution in [3.05, 3.63) is 41.7 Å². The second kappa shape index (κ2) is 4.00. The van der Waals surface area contributed by atoms with E-state index in [2.05, 4.69) is 35.1 Å². The molecule has 1 aromatic heterocycles. The minimum absolute atomic E-state index is 1.05. The molecule has 16 heavy (non-hydrogen) atoms. The molecule has 3 nitrogen and oxygen atoms in total. The number of aromatic nitrogens is 2. The topological polar surface area (TPSA) is 21.1 Å². The van der Waals surface area contributed by atoms with Crippen LogP contribution in [0, 0.1) is 13.8 Å². The van der Waals surface area contributed by atoms with Gasteiger partial charge in [-0.3, -0.25) is 0 Å². The number of hydrogen-bond acceptors (Lipinski definition) is 2. The molecule has 0 unspecified atom stereocenters. The summed E-state index contributed by atoms with van der Waals surface area (Å²) in [6, 6.07) is 10.4. The lowest BCUT2D eigenvalue weighted by molar-refractivity contribution is 0.829. The predicted molar refractivity (Wildman–Crippen MR) is 67.4 cm³/mol. The lowest BCUT2D eigenvalue weighted by Crippen LogP contribution is -2.13. The number of hydrogen-bond donors (Lipinski definition) is 0. The molecule has 0 N–H and O–H groups in total. The van der Waals surface area contributed by atoms with Crippen LogP contribution >= 0.6 is 0 Å². The molecule has 2 aromatic rings. The smallest absolute Gasteiger partial charge is 0.0881 e. The summed E-state index contributed by atoms with van der Waals surface area (Å²) < 4.78 is 1.99. The van der Waals surface area contributed by atoms with Crippen LogP contribution in [0.5, 0.6) is 0 Å².